The third-order valence-electron chi connectivity index (χ3n) is 4.92. The van der Waals surface area contributed by atoms with Crippen LogP contribution in [0.5, 0.6) is 0 Å². The second kappa shape index (κ2) is 13.4. The van der Waals surface area contributed by atoms with Gasteiger partial charge in [-0.1, -0.05) is 37.5 Å². The number of hydrogen-bond acceptors (Lipinski definition) is 4. The predicted octanol–water partition coefficient (Wildman–Crippen LogP) is 2.96. The predicted molar refractivity (Wildman–Crippen MR) is 128 cm³/mol. The molecule has 2 rings (SSSR count). The van der Waals surface area contributed by atoms with Gasteiger partial charge in [0.15, 0.2) is 5.96 Å². The molecular weight excluding hydrogens is 503 g/mol. The Labute approximate surface area is 192 Å². The number of nitrogens with zero attached hydrogens (tertiary/aromatic N) is 2. The van der Waals surface area contributed by atoms with E-state index in [1.165, 1.54) is 50.5 Å². The largest absolute Gasteiger partial charge is 0.378 e. The maximum atomic E-state index is 12.5. The molecule has 0 saturated heterocycles. The van der Waals surface area contributed by atoms with Crippen LogP contribution in [0.2, 0.25) is 0 Å². The molecule has 0 amide bonds. The summed E-state index contributed by atoms with van der Waals surface area (Å²) in [6.07, 6.45) is 7.61. The molecule has 0 atom stereocenters. The van der Waals surface area contributed by atoms with Crippen molar-refractivity contribution in [3.05, 3.63) is 29.8 Å². The summed E-state index contributed by atoms with van der Waals surface area (Å²) in [5.74, 6) is 0.648. The molecule has 1 aliphatic rings. The van der Waals surface area contributed by atoms with E-state index in [1.54, 1.807) is 19.2 Å². The average Bonchev–Trinajstić information content (AvgIpc) is 2.71. The third-order valence-corrected chi connectivity index (χ3v) is 6.84. The van der Waals surface area contributed by atoms with Crippen LogP contribution in [0.1, 0.15) is 44.1 Å². The first-order valence-corrected chi connectivity index (χ1v) is 11.5. The standard InChI is InChI=1S/C20H34N4O3S.HI/c1-21-20(22-14-9-15-27-18-11-5-4-6-12-18)23-16-17-10-7-8-13-19(17)28(25,26)24(2)3;/h7-8,10,13,18H,4-6,9,11-12,14-16H2,1-3H3,(H2,21,22,23);1H. The Hall–Kier alpha value is -0.910. The van der Waals surface area contributed by atoms with Crippen LogP contribution in [0.25, 0.3) is 0 Å². The van der Waals surface area contributed by atoms with E-state index >= 15 is 0 Å². The first-order chi connectivity index (χ1) is 13.4. The van der Waals surface area contributed by atoms with Crippen LogP contribution < -0.4 is 10.6 Å². The van der Waals surface area contributed by atoms with Gasteiger partial charge in [-0.25, -0.2) is 12.7 Å². The number of guanidine groups is 1. The van der Waals surface area contributed by atoms with Crippen LogP contribution in [0.3, 0.4) is 0 Å². The number of rotatable bonds is 9. The number of aliphatic imine (C=N–C) groups is 1. The van der Waals surface area contributed by atoms with Crippen molar-refractivity contribution in [3.8, 4) is 0 Å². The number of sulfonamides is 1. The van der Waals surface area contributed by atoms with Crippen molar-refractivity contribution in [2.45, 2.75) is 56.1 Å². The molecule has 1 aliphatic carbocycles. The van der Waals surface area contributed by atoms with Crippen molar-refractivity contribution < 1.29 is 13.2 Å². The van der Waals surface area contributed by atoms with Gasteiger partial charge in [0.1, 0.15) is 0 Å². The highest BCUT2D eigenvalue weighted by molar-refractivity contribution is 14.0. The van der Waals surface area contributed by atoms with E-state index in [0.717, 1.165) is 19.6 Å². The molecule has 1 saturated carbocycles. The zero-order valence-corrected chi connectivity index (χ0v) is 20.8. The van der Waals surface area contributed by atoms with Crippen LogP contribution >= 0.6 is 24.0 Å². The van der Waals surface area contributed by atoms with E-state index in [2.05, 4.69) is 15.6 Å². The van der Waals surface area contributed by atoms with Gasteiger partial charge in [-0.05, 0) is 30.9 Å². The van der Waals surface area contributed by atoms with Gasteiger partial charge < -0.3 is 15.4 Å². The maximum absolute atomic E-state index is 12.5. The van der Waals surface area contributed by atoms with E-state index in [-0.39, 0.29) is 24.0 Å². The number of benzene rings is 1. The molecule has 0 bridgehead atoms. The van der Waals surface area contributed by atoms with E-state index in [1.807, 2.05) is 12.1 Å². The lowest BCUT2D eigenvalue weighted by molar-refractivity contribution is 0.0277. The SMILES string of the molecule is CN=C(NCCCOC1CCCCC1)NCc1ccccc1S(=O)(=O)N(C)C.I. The molecule has 0 unspecified atom stereocenters. The molecule has 0 spiro atoms. The molecule has 9 heteroatoms. The Morgan fingerprint density at radius 2 is 1.86 bits per heavy atom. The molecule has 1 aromatic carbocycles. The zero-order chi connectivity index (χ0) is 20.4. The Bertz CT molecular complexity index is 735. The van der Waals surface area contributed by atoms with Crippen LogP contribution in [0.4, 0.5) is 0 Å². The number of nitrogens with one attached hydrogen (secondary N) is 2. The van der Waals surface area contributed by atoms with Gasteiger partial charge in [-0.3, -0.25) is 4.99 Å². The summed E-state index contributed by atoms with van der Waals surface area (Å²) in [6, 6.07) is 7.02. The van der Waals surface area contributed by atoms with E-state index < -0.39 is 10.0 Å². The van der Waals surface area contributed by atoms with Gasteiger partial charge in [0.2, 0.25) is 10.0 Å². The molecule has 2 N–H and O–H groups in total. The summed E-state index contributed by atoms with van der Waals surface area (Å²) in [5.41, 5.74) is 0.708. The molecule has 166 valence electrons. The van der Waals surface area contributed by atoms with Crippen LogP contribution in [0, 0.1) is 0 Å². The molecule has 0 aromatic heterocycles. The fraction of sp³-hybridized carbons (Fsp3) is 0.650. The summed E-state index contributed by atoms with van der Waals surface area (Å²) >= 11 is 0. The van der Waals surface area contributed by atoms with Gasteiger partial charge in [-0.2, -0.15) is 0 Å². The van der Waals surface area contributed by atoms with Gasteiger partial charge in [0, 0.05) is 40.8 Å². The highest BCUT2D eigenvalue weighted by Crippen LogP contribution is 2.20. The van der Waals surface area contributed by atoms with Crippen molar-refractivity contribution >= 4 is 40.0 Å². The van der Waals surface area contributed by atoms with Gasteiger partial charge in [0.25, 0.3) is 0 Å². The second-order valence-corrected chi connectivity index (χ2v) is 9.35. The molecule has 0 radical (unpaired) electrons. The minimum absolute atomic E-state index is 0. The number of ether oxygens (including phenoxy) is 1. The summed E-state index contributed by atoms with van der Waals surface area (Å²) in [7, 11) is 1.30. The van der Waals surface area contributed by atoms with Crippen molar-refractivity contribution in [3.63, 3.8) is 0 Å². The summed E-state index contributed by atoms with van der Waals surface area (Å²) in [6.45, 7) is 1.88. The lowest BCUT2D eigenvalue weighted by Gasteiger charge is -2.22. The summed E-state index contributed by atoms with van der Waals surface area (Å²) in [5, 5.41) is 6.45. The molecule has 1 fully saturated rings. The number of halogens is 1. The minimum Gasteiger partial charge on any atom is -0.378 e. The Kier molecular flexibility index (Phi) is 12.1. The molecule has 0 aliphatic heterocycles. The summed E-state index contributed by atoms with van der Waals surface area (Å²) < 4.78 is 32.1. The quantitative estimate of drug-likeness (QED) is 0.219. The zero-order valence-electron chi connectivity index (χ0n) is 17.7. The van der Waals surface area contributed by atoms with E-state index in [9.17, 15) is 8.42 Å². The summed E-state index contributed by atoms with van der Waals surface area (Å²) in [4.78, 5) is 4.52. The fourth-order valence-corrected chi connectivity index (χ4v) is 4.37. The first-order valence-electron chi connectivity index (χ1n) is 10.0. The first kappa shape index (κ1) is 26.1. The molecular formula is C20H35IN4O3S. The maximum Gasteiger partial charge on any atom is 0.242 e. The van der Waals surface area contributed by atoms with Crippen molar-refractivity contribution in [2.75, 3.05) is 34.3 Å². The topological polar surface area (TPSA) is 83.0 Å². The van der Waals surface area contributed by atoms with Gasteiger partial charge >= 0.3 is 0 Å². The van der Waals surface area contributed by atoms with Crippen molar-refractivity contribution in [2.24, 2.45) is 4.99 Å². The molecule has 29 heavy (non-hydrogen) atoms. The van der Waals surface area contributed by atoms with E-state index in [4.69, 9.17) is 4.74 Å². The van der Waals surface area contributed by atoms with Gasteiger partial charge in [-0.15, -0.1) is 24.0 Å². The highest BCUT2D eigenvalue weighted by Gasteiger charge is 2.20. The van der Waals surface area contributed by atoms with Gasteiger partial charge in [0.05, 0.1) is 11.0 Å². The fourth-order valence-electron chi connectivity index (χ4n) is 3.26. The second-order valence-electron chi connectivity index (χ2n) is 7.23. The average molecular weight is 538 g/mol. The Morgan fingerprint density at radius 1 is 1.17 bits per heavy atom. The Morgan fingerprint density at radius 3 is 2.52 bits per heavy atom. The van der Waals surface area contributed by atoms with E-state index in [0.29, 0.717) is 29.1 Å². The normalized spacial score (nSPS) is 15.8. The highest BCUT2D eigenvalue weighted by atomic mass is 127. The smallest absolute Gasteiger partial charge is 0.242 e. The molecule has 0 heterocycles. The van der Waals surface area contributed by atoms with Crippen LogP contribution in [0.15, 0.2) is 34.2 Å². The van der Waals surface area contributed by atoms with Crippen LogP contribution in [-0.2, 0) is 21.3 Å². The van der Waals surface area contributed by atoms with Crippen molar-refractivity contribution in [1.82, 2.24) is 14.9 Å². The Balaban J connectivity index is 0.00000420. The lowest BCUT2D eigenvalue weighted by Crippen LogP contribution is -2.38. The monoisotopic (exact) mass is 538 g/mol. The van der Waals surface area contributed by atoms with Crippen molar-refractivity contribution in [1.29, 1.82) is 0 Å². The molecule has 1 aromatic rings. The molecule has 7 nitrogen and oxygen atoms in total. The van der Waals surface area contributed by atoms with Crippen LogP contribution in [-0.4, -0.2) is 59.1 Å². The lowest BCUT2D eigenvalue weighted by atomic mass is 9.98. The minimum atomic E-state index is -3.48. The third kappa shape index (κ3) is 8.39. The number of hydrogen-bond donors (Lipinski definition) is 2.